The van der Waals surface area contributed by atoms with E-state index in [4.69, 9.17) is 27.9 Å². The molecule has 0 spiro atoms. The molecule has 0 saturated heterocycles. The SMILES string of the molecule is O=[N+]([O-])c1cc(Br)c(F)cc1Oc1nc(Cl)nnc1Cl. The number of hydrogen-bond acceptors (Lipinski definition) is 6. The number of nitro groups is 1. The van der Waals surface area contributed by atoms with Crippen LogP contribution in [-0.4, -0.2) is 20.1 Å². The normalized spacial score (nSPS) is 10.4. The van der Waals surface area contributed by atoms with Gasteiger partial charge in [0.25, 0.3) is 5.88 Å². The lowest BCUT2D eigenvalue weighted by atomic mass is 10.3. The summed E-state index contributed by atoms with van der Waals surface area (Å²) in [7, 11) is 0. The topological polar surface area (TPSA) is 91.0 Å². The van der Waals surface area contributed by atoms with Crippen molar-refractivity contribution in [3.05, 3.63) is 43.0 Å². The molecule has 2 rings (SSSR count). The zero-order valence-electron chi connectivity index (χ0n) is 9.18. The van der Waals surface area contributed by atoms with Crippen LogP contribution < -0.4 is 4.74 Å². The van der Waals surface area contributed by atoms with Crippen LogP contribution >= 0.6 is 39.1 Å². The van der Waals surface area contributed by atoms with Gasteiger partial charge in [-0.05, 0) is 27.5 Å². The molecule has 0 radical (unpaired) electrons. The van der Waals surface area contributed by atoms with Gasteiger partial charge in [0.1, 0.15) is 5.82 Å². The van der Waals surface area contributed by atoms with Crippen molar-refractivity contribution in [2.45, 2.75) is 0 Å². The summed E-state index contributed by atoms with van der Waals surface area (Å²) in [4.78, 5) is 13.8. The Bertz CT molecular complexity index is 703. The molecule has 0 bridgehead atoms. The van der Waals surface area contributed by atoms with Crippen LogP contribution in [0.1, 0.15) is 0 Å². The van der Waals surface area contributed by atoms with Crippen molar-refractivity contribution in [3.63, 3.8) is 0 Å². The number of halogens is 4. The minimum atomic E-state index is -0.755. The van der Waals surface area contributed by atoms with Crippen LogP contribution in [0.5, 0.6) is 11.6 Å². The van der Waals surface area contributed by atoms with E-state index in [0.717, 1.165) is 12.1 Å². The van der Waals surface area contributed by atoms with Gasteiger partial charge in [-0.1, -0.05) is 11.6 Å². The number of benzene rings is 1. The lowest BCUT2D eigenvalue weighted by Crippen LogP contribution is -1.99. The van der Waals surface area contributed by atoms with Gasteiger partial charge in [-0.2, -0.15) is 4.98 Å². The highest BCUT2D eigenvalue weighted by Gasteiger charge is 2.21. The fourth-order valence-corrected chi connectivity index (χ4v) is 1.76. The average Bonchev–Trinajstić information content (AvgIpc) is 2.37. The van der Waals surface area contributed by atoms with Gasteiger partial charge in [-0.25, -0.2) is 4.39 Å². The molecule has 7 nitrogen and oxygen atoms in total. The second kappa shape index (κ2) is 5.81. The Balaban J connectivity index is 2.50. The predicted octanol–water partition coefficient (Wildman–Crippen LogP) is 3.78. The van der Waals surface area contributed by atoms with E-state index < -0.39 is 22.2 Å². The quantitative estimate of drug-likeness (QED) is 0.591. The van der Waals surface area contributed by atoms with Crippen LogP contribution in [0.3, 0.4) is 0 Å². The molecule has 20 heavy (non-hydrogen) atoms. The number of nitro benzene ring substituents is 1. The van der Waals surface area contributed by atoms with Crippen LogP contribution in [0, 0.1) is 15.9 Å². The molecule has 0 atom stereocenters. The van der Waals surface area contributed by atoms with E-state index in [2.05, 4.69) is 31.1 Å². The van der Waals surface area contributed by atoms with Crippen LogP contribution in [0.15, 0.2) is 16.6 Å². The molecule has 0 fully saturated rings. The molecule has 0 N–H and O–H groups in total. The minimum Gasteiger partial charge on any atom is -0.429 e. The summed E-state index contributed by atoms with van der Waals surface area (Å²) in [5.74, 6) is -1.47. The molecule has 104 valence electrons. The molecule has 0 unspecified atom stereocenters. The first kappa shape index (κ1) is 14.8. The zero-order chi connectivity index (χ0) is 14.9. The molecule has 1 heterocycles. The van der Waals surface area contributed by atoms with Crippen LogP contribution in [-0.2, 0) is 0 Å². The Morgan fingerprint density at radius 1 is 1.35 bits per heavy atom. The summed E-state index contributed by atoms with van der Waals surface area (Å²) >= 11 is 14.0. The van der Waals surface area contributed by atoms with Gasteiger partial charge in [0.2, 0.25) is 16.2 Å². The average molecular weight is 384 g/mol. The Hall–Kier alpha value is -1.58. The van der Waals surface area contributed by atoms with Crippen molar-refractivity contribution in [2.75, 3.05) is 0 Å². The fraction of sp³-hybridized carbons (Fsp3) is 0. The van der Waals surface area contributed by atoms with Crippen molar-refractivity contribution >= 4 is 44.8 Å². The third kappa shape index (κ3) is 3.11. The van der Waals surface area contributed by atoms with E-state index >= 15 is 0 Å². The number of ether oxygens (including phenoxy) is 1. The Morgan fingerprint density at radius 2 is 2.05 bits per heavy atom. The van der Waals surface area contributed by atoms with Crippen molar-refractivity contribution < 1.29 is 14.1 Å². The van der Waals surface area contributed by atoms with E-state index in [0.29, 0.717) is 0 Å². The molecule has 0 saturated carbocycles. The second-order valence-corrected chi connectivity index (χ2v) is 4.82. The lowest BCUT2D eigenvalue weighted by molar-refractivity contribution is -0.385. The standard InChI is InChI=1S/C9H2BrCl2FN4O3/c10-3-1-5(17(18)19)6(2-4(3)13)20-8-7(11)15-16-9(12)14-8/h1-2H. The van der Waals surface area contributed by atoms with E-state index in [9.17, 15) is 14.5 Å². The monoisotopic (exact) mass is 382 g/mol. The van der Waals surface area contributed by atoms with Gasteiger partial charge in [0.15, 0.2) is 0 Å². The molecule has 1 aromatic heterocycles. The predicted molar refractivity (Wildman–Crippen MR) is 70.7 cm³/mol. The van der Waals surface area contributed by atoms with Gasteiger partial charge in [0, 0.05) is 12.1 Å². The lowest BCUT2D eigenvalue weighted by Gasteiger charge is -2.07. The summed E-state index contributed by atoms with van der Waals surface area (Å²) in [6.07, 6.45) is 0. The van der Waals surface area contributed by atoms with Crippen LogP contribution in [0.2, 0.25) is 10.4 Å². The highest BCUT2D eigenvalue weighted by Crippen LogP contribution is 2.36. The van der Waals surface area contributed by atoms with Crippen molar-refractivity contribution in [3.8, 4) is 11.6 Å². The second-order valence-electron chi connectivity index (χ2n) is 3.27. The number of hydrogen-bond donors (Lipinski definition) is 0. The molecule has 1 aromatic carbocycles. The minimum absolute atomic E-state index is 0.0820. The highest BCUT2D eigenvalue weighted by molar-refractivity contribution is 9.10. The summed E-state index contributed by atoms with van der Waals surface area (Å²) in [6.45, 7) is 0. The van der Waals surface area contributed by atoms with Gasteiger partial charge in [-0.3, -0.25) is 10.1 Å². The summed E-state index contributed by atoms with van der Waals surface area (Å²) in [6, 6.07) is 1.77. The summed E-state index contributed by atoms with van der Waals surface area (Å²) in [5, 5.41) is 17.1. The summed E-state index contributed by atoms with van der Waals surface area (Å²) < 4.78 is 18.5. The molecule has 11 heteroatoms. The third-order valence-corrected chi connectivity index (χ3v) is 3.00. The van der Waals surface area contributed by atoms with Crippen molar-refractivity contribution in [1.82, 2.24) is 15.2 Å². The zero-order valence-corrected chi connectivity index (χ0v) is 12.3. The van der Waals surface area contributed by atoms with E-state index in [1.54, 1.807) is 0 Å². The van der Waals surface area contributed by atoms with Crippen LogP contribution in [0.4, 0.5) is 10.1 Å². The Morgan fingerprint density at radius 3 is 2.70 bits per heavy atom. The maximum absolute atomic E-state index is 13.4. The van der Waals surface area contributed by atoms with Gasteiger partial charge in [-0.15, -0.1) is 10.2 Å². The maximum Gasteiger partial charge on any atom is 0.312 e. The number of aromatic nitrogens is 3. The maximum atomic E-state index is 13.4. The van der Waals surface area contributed by atoms with Gasteiger partial charge >= 0.3 is 5.69 Å². The summed E-state index contributed by atoms with van der Waals surface area (Å²) in [5.41, 5.74) is -0.482. The Labute approximate surface area is 129 Å². The molecular weight excluding hydrogens is 382 g/mol. The van der Waals surface area contributed by atoms with E-state index in [1.165, 1.54) is 0 Å². The molecule has 2 aromatic rings. The van der Waals surface area contributed by atoms with E-state index in [-0.39, 0.29) is 20.8 Å². The largest absolute Gasteiger partial charge is 0.429 e. The molecule has 0 amide bonds. The molecule has 0 aliphatic heterocycles. The first-order valence-corrected chi connectivity index (χ1v) is 6.30. The third-order valence-electron chi connectivity index (χ3n) is 2.00. The molecule has 0 aliphatic carbocycles. The molecule has 0 aliphatic rings. The van der Waals surface area contributed by atoms with Crippen LogP contribution in [0.25, 0.3) is 0 Å². The number of nitrogens with zero attached hydrogens (tertiary/aromatic N) is 4. The van der Waals surface area contributed by atoms with Crippen molar-refractivity contribution in [2.24, 2.45) is 0 Å². The van der Waals surface area contributed by atoms with E-state index in [1.807, 2.05) is 0 Å². The smallest absolute Gasteiger partial charge is 0.312 e. The Kier molecular flexibility index (Phi) is 4.31. The molecular formula is C9H2BrCl2FN4O3. The fourth-order valence-electron chi connectivity index (χ4n) is 1.19. The first-order valence-electron chi connectivity index (χ1n) is 4.75. The highest BCUT2D eigenvalue weighted by atomic mass is 79.9. The van der Waals surface area contributed by atoms with Crippen molar-refractivity contribution in [1.29, 1.82) is 0 Å². The van der Waals surface area contributed by atoms with Gasteiger partial charge in [0.05, 0.1) is 9.40 Å². The number of rotatable bonds is 3. The van der Waals surface area contributed by atoms with Gasteiger partial charge < -0.3 is 4.74 Å². The first-order chi connectivity index (χ1) is 9.38.